The topological polar surface area (TPSA) is 86.3 Å². The van der Waals surface area contributed by atoms with Crippen LogP contribution in [0.2, 0.25) is 0 Å². The van der Waals surface area contributed by atoms with Crippen LogP contribution in [0.1, 0.15) is 17.4 Å². The lowest BCUT2D eigenvalue weighted by molar-refractivity contribution is -0.302. The van der Waals surface area contributed by atoms with Crippen LogP contribution >= 0.6 is 0 Å². The van der Waals surface area contributed by atoms with Crippen LogP contribution in [0.4, 0.5) is 4.79 Å². The standard InChI is InChI=1S/C21H23NO6/c23-18-16(22-21(24)27-11-14-7-3-1-4-8-14)12-25-17-13-26-20(28-19(17)18)15-9-5-2-6-10-15/h1-10,16-20,23H,11-13H2,(H,22,24)/t16-,17+,18+,19+,20?/m0/s1. The lowest BCUT2D eigenvalue weighted by Gasteiger charge is -2.44. The van der Waals surface area contributed by atoms with Gasteiger partial charge in [-0.15, -0.1) is 0 Å². The van der Waals surface area contributed by atoms with Crippen molar-refractivity contribution in [2.75, 3.05) is 13.2 Å². The number of fused-ring (bicyclic) bond motifs is 1. The molecule has 2 aromatic carbocycles. The van der Waals surface area contributed by atoms with Crippen LogP contribution < -0.4 is 5.32 Å². The van der Waals surface area contributed by atoms with Gasteiger partial charge < -0.3 is 29.4 Å². The first kappa shape index (κ1) is 18.9. The van der Waals surface area contributed by atoms with Crippen molar-refractivity contribution in [2.45, 2.75) is 37.3 Å². The number of aliphatic hydroxyl groups excluding tert-OH is 1. The molecular weight excluding hydrogens is 362 g/mol. The molecule has 2 aliphatic rings. The molecule has 2 aliphatic heterocycles. The molecule has 0 aromatic heterocycles. The fourth-order valence-electron chi connectivity index (χ4n) is 3.37. The molecule has 7 nitrogen and oxygen atoms in total. The normalized spacial score (nSPS) is 29.5. The number of nitrogens with one attached hydrogen (secondary N) is 1. The quantitative estimate of drug-likeness (QED) is 0.839. The van der Waals surface area contributed by atoms with Gasteiger partial charge in [0.15, 0.2) is 6.29 Å². The third-order valence-electron chi connectivity index (χ3n) is 4.89. The molecule has 4 rings (SSSR count). The fraction of sp³-hybridized carbons (Fsp3) is 0.381. The summed E-state index contributed by atoms with van der Waals surface area (Å²) in [6.45, 7) is 0.626. The molecule has 2 heterocycles. The van der Waals surface area contributed by atoms with Crippen molar-refractivity contribution < 1.29 is 28.8 Å². The maximum Gasteiger partial charge on any atom is 0.407 e. The SMILES string of the molecule is O=C(N[C@H]1CO[C@@H]2COC(c3ccccc3)O[C@H]2[C@@H]1O)OCc1ccccc1. The van der Waals surface area contributed by atoms with E-state index in [1.165, 1.54) is 0 Å². The van der Waals surface area contributed by atoms with E-state index in [0.29, 0.717) is 6.61 Å². The summed E-state index contributed by atoms with van der Waals surface area (Å²) in [5.41, 5.74) is 1.75. The highest BCUT2D eigenvalue weighted by atomic mass is 16.7. The van der Waals surface area contributed by atoms with E-state index in [1.54, 1.807) is 0 Å². The number of ether oxygens (including phenoxy) is 4. The zero-order chi connectivity index (χ0) is 19.3. The van der Waals surface area contributed by atoms with Crippen molar-refractivity contribution in [3.05, 3.63) is 71.8 Å². The fourth-order valence-corrected chi connectivity index (χ4v) is 3.37. The first-order valence-corrected chi connectivity index (χ1v) is 9.29. The number of amides is 1. The lowest BCUT2D eigenvalue weighted by Crippen LogP contribution is -2.62. The summed E-state index contributed by atoms with van der Waals surface area (Å²) in [4.78, 5) is 12.1. The van der Waals surface area contributed by atoms with Crippen molar-refractivity contribution in [3.63, 3.8) is 0 Å². The van der Waals surface area contributed by atoms with Gasteiger partial charge in [-0.1, -0.05) is 60.7 Å². The Labute approximate surface area is 163 Å². The molecule has 1 unspecified atom stereocenters. The number of rotatable bonds is 4. The van der Waals surface area contributed by atoms with Gasteiger partial charge in [0.2, 0.25) is 0 Å². The second kappa shape index (κ2) is 8.70. The number of aliphatic hydroxyl groups is 1. The van der Waals surface area contributed by atoms with Crippen molar-refractivity contribution in [1.82, 2.24) is 5.32 Å². The minimum atomic E-state index is -0.932. The third-order valence-corrected chi connectivity index (χ3v) is 4.89. The lowest BCUT2D eigenvalue weighted by atomic mass is 9.97. The number of carbonyl (C=O) groups excluding carboxylic acids is 1. The first-order valence-electron chi connectivity index (χ1n) is 9.29. The largest absolute Gasteiger partial charge is 0.445 e. The molecule has 28 heavy (non-hydrogen) atoms. The van der Waals surface area contributed by atoms with Crippen LogP contribution in [0.15, 0.2) is 60.7 Å². The Morgan fingerprint density at radius 3 is 2.50 bits per heavy atom. The Hall–Kier alpha value is -2.45. The van der Waals surface area contributed by atoms with Crippen LogP contribution in [0.3, 0.4) is 0 Å². The zero-order valence-electron chi connectivity index (χ0n) is 15.3. The Morgan fingerprint density at radius 1 is 1.04 bits per heavy atom. The molecule has 0 spiro atoms. The summed E-state index contributed by atoms with van der Waals surface area (Å²) < 4.78 is 22.6. The van der Waals surface area contributed by atoms with Crippen LogP contribution in [0.25, 0.3) is 0 Å². The molecule has 2 aromatic rings. The maximum atomic E-state index is 12.1. The summed E-state index contributed by atoms with van der Waals surface area (Å²) >= 11 is 0. The zero-order valence-corrected chi connectivity index (χ0v) is 15.3. The molecule has 148 valence electrons. The number of carbonyl (C=O) groups is 1. The van der Waals surface area contributed by atoms with E-state index in [0.717, 1.165) is 11.1 Å². The molecule has 0 saturated carbocycles. The van der Waals surface area contributed by atoms with Crippen LogP contribution in [0, 0.1) is 0 Å². The first-order chi connectivity index (χ1) is 13.7. The molecular formula is C21H23NO6. The maximum absolute atomic E-state index is 12.1. The van der Waals surface area contributed by atoms with Gasteiger partial charge in [-0.05, 0) is 5.56 Å². The predicted octanol–water partition coefficient (Wildman–Crippen LogP) is 2.16. The highest BCUT2D eigenvalue weighted by Crippen LogP contribution is 2.32. The van der Waals surface area contributed by atoms with Gasteiger partial charge in [-0.2, -0.15) is 0 Å². The minimum Gasteiger partial charge on any atom is -0.445 e. The van der Waals surface area contributed by atoms with E-state index in [-0.39, 0.29) is 19.3 Å². The van der Waals surface area contributed by atoms with E-state index in [1.807, 2.05) is 60.7 Å². The van der Waals surface area contributed by atoms with E-state index in [9.17, 15) is 9.90 Å². The van der Waals surface area contributed by atoms with Gasteiger partial charge in [0.25, 0.3) is 0 Å². The van der Waals surface area contributed by atoms with Gasteiger partial charge in [0.05, 0.1) is 19.3 Å². The van der Waals surface area contributed by atoms with E-state index >= 15 is 0 Å². The average molecular weight is 385 g/mol. The molecule has 1 amide bonds. The summed E-state index contributed by atoms with van der Waals surface area (Å²) in [5, 5.41) is 13.4. The molecule has 0 radical (unpaired) electrons. The summed E-state index contributed by atoms with van der Waals surface area (Å²) in [7, 11) is 0. The summed E-state index contributed by atoms with van der Waals surface area (Å²) in [5.74, 6) is 0. The second-order valence-electron chi connectivity index (χ2n) is 6.85. The van der Waals surface area contributed by atoms with Gasteiger partial charge in [-0.25, -0.2) is 4.79 Å². The van der Waals surface area contributed by atoms with Crippen LogP contribution in [-0.2, 0) is 25.6 Å². The van der Waals surface area contributed by atoms with Crippen LogP contribution in [-0.4, -0.2) is 48.8 Å². The summed E-state index contributed by atoms with van der Waals surface area (Å²) in [6.07, 6.45) is -3.11. The van der Waals surface area contributed by atoms with Gasteiger partial charge >= 0.3 is 6.09 Å². The van der Waals surface area contributed by atoms with E-state index in [2.05, 4.69) is 5.32 Å². The number of alkyl carbamates (subject to hydrolysis) is 1. The average Bonchev–Trinajstić information content (AvgIpc) is 2.75. The van der Waals surface area contributed by atoms with Gasteiger partial charge in [0, 0.05) is 5.56 Å². The highest BCUT2D eigenvalue weighted by molar-refractivity contribution is 5.67. The molecule has 0 bridgehead atoms. The highest BCUT2D eigenvalue weighted by Gasteiger charge is 2.45. The Balaban J connectivity index is 1.33. The number of hydrogen-bond donors (Lipinski definition) is 2. The Bertz CT molecular complexity index is 771. The Morgan fingerprint density at radius 2 is 1.75 bits per heavy atom. The Kier molecular flexibility index (Phi) is 5.87. The molecule has 0 aliphatic carbocycles. The second-order valence-corrected chi connectivity index (χ2v) is 6.85. The molecule has 2 N–H and O–H groups in total. The van der Waals surface area contributed by atoms with Crippen molar-refractivity contribution in [1.29, 1.82) is 0 Å². The molecule has 2 saturated heterocycles. The number of benzene rings is 2. The molecule has 7 heteroatoms. The summed E-state index contributed by atoms with van der Waals surface area (Å²) in [6, 6.07) is 18.3. The minimum absolute atomic E-state index is 0.156. The van der Waals surface area contributed by atoms with E-state index in [4.69, 9.17) is 18.9 Å². The van der Waals surface area contributed by atoms with Crippen molar-refractivity contribution >= 4 is 6.09 Å². The number of hydrogen-bond acceptors (Lipinski definition) is 6. The smallest absolute Gasteiger partial charge is 0.407 e. The predicted molar refractivity (Wildman–Crippen MR) is 99.3 cm³/mol. The van der Waals surface area contributed by atoms with Crippen molar-refractivity contribution in [3.8, 4) is 0 Å². The van der Waals surface area contributed by atoms with Gasteiger partial charge in [0.1, 0.15) is 24.9 Å². The van der Waals surface area contributed by atoms with Gasteiger partial charge in [-0.3, -0.25) is 0 Å². The van der Waals surface area contributed by atoms with E-state index < -0.39 is 30.6 Å². The third kappa shape index (κ3) is 4.34. The van der Waals surface area contributed by atoms with Crippen LogP contribution in [0.5, 0.6) is 0 Å². The monoisotopic (exact) mass is 385 g/mol. The van der Waals surface area contributed by atoms with Crippen molar-refractivity contribution in [2.24, 2.45) is 0 Å². The molecule has 2 fully saturated rings. The molecule has 5 atom stereocenters.